The molecule has 1 aliphatic rings. The van der Waals surface area contributed by atoms with E-state index in [9.17, 15) is 9.59 Å². The van der Waals surface area contributed by atoms with Crippen molar-refractivity contribution in [2.45, 2.75) is 25.3 Å². The molecule has 0 saturated heterocycles. The molecule has 0 aliphatic heterocycles. The number of nitrogens with two attached hydrogens (primary N) is 1. The molecule has 2 unspecified atom stereocenters. The molecule has 7 heteroatoms. The van der Waals surface area contributed by atoms with E-state index < -0.39 is 5.97 Å². The van der Waals surface area contributed by atoms with Crippen LogP contribution >= 0.6 is 12.4 Å². The maximum absolute atomic E-state index is 12.1. The fraction of sp³-hybridized carbons (Fsp3) is 0.467. The fourth-order valence-electron chi connectivity index (χ4n) is 2.36. The van der Waals surface area contributed by atoms with Crippen LogP contribution in [0.15, 0.2) is 24.3 Å². The summed E-state index contributed by atoms with van der Waals surface area (Å²) in [4.78, 5) is 23.1. The molecule has 1 aromatic rings. The zero-order valence-electron chi connectivity index (χ0n) is 12.4. The third-order valence-corrected chi connectivity index (χ3v) is 3.53. The molecule has 122 valence electrons. The lowest BCUT2D eigenvalue weighted by Crippen LogP contribution is -2.23. The van der Waals surface area contributed by atoms with E-state index in [2.05, 4.69) is 10.1 Å². The number of esters is 1. The molecule has 1 aromatic carbocycles. The number of hydrogen-bond acceptors (Lipinski definition) is 5. The molecule has 1 aliphatic carbocycles. The summed E-state index contributed by atoms with van der Waals surface area (Å²) >= 11 is 0. The molecule has 1 saturated carbocycles. The Kier molecular flexibility index (Phi) is 7.14. The first-order valence-corrected chi connectivity index (χ1v) is 6.94. The summed E-state index contributed by atoms with van der Waals surface area (Å²) in [6, 6.07) is 7.04. The molecule has 22 heavy (non-hydrogen) atoms. The molecular formula is C15H21ClN2O4. The highest BCUT2D eigenvalue weighted by Crippen LogP contribution is 2.26. The normalized spacial score (nSPS) is 19.9. The van der Waals surface area contributed by atoms with Gasteiger partial charge in [-0.2, -0.15) is 0 Å². The van der Waals surface area contributed by atoms with Crippen LogP contribution in [0, 0.1) is 5.92 Å². The number of anilines is 1. The molecule has 0 bridgehead atoms. The van der Waals surface area contributed by atoms with Crippen molar-refractivity contribution in [3.05, 3.63) is 24.3 Å². The molecule has 3 N–H and O–H groups in total. The van der Waals surface area contributed by atoms with Crippen LogP contribution < -0.4 is 15.8 Å². The minimum atomic E-state index is -0.454. The quantitative estimate of drug-likeness (QED) is 0.803. The van der Waals surface area contributed by atoms with Gasteiger partial charge in [0.15, 0.2) is 6.61 Å². The third-order valence-electron chi connectivity index (χ3n) is 3.53. The highest BCUT2D eigenvalue weighted by molar-refractivity contribution is 5.92. The highest BCUT2D eigenvalue weighted by Gasteiger charge is 2.27. The number of amides is 1. The molecular weight excluding hydrogens is 308 g/mol. The van der Waals surface area contributed by atoms with Crippen molar-refractivity contribution in [3.8, 4) is 5.75 Å². The summed E-state index contributed by atoms with van der Waals surface area (Å²) in [5.41, 5.74) is 6.46. The molecule has 2 atom stereocenters. The number of carbonyl (C=O) groups is 2. The van der Waals surface area contributed by atoms with Gasteiger partial charge >= 0.3 is 5.97 Å². The van der Waals surface area contributed by atoms with Gasteiger partial charge in [0.05, 0.1) is 7.11 Å². The van der Waals surface area contributed by atoms with Gasteiger partial charge in [-0.1, -0.05) is 6.07 Å². The predicted molar refractivity (Wildman–Crippen MR) is 85.1 cm³/mol. The van der Waals surface area contributed by atoms with Crippen molar-refractivity contribution in [1.82, 2.24) is 0 Å². The Morgan fingerprint density at radius 2 is 2.14 bits per heavy atom. The molecule has 2 rings (SSSR count). The fourth-order valence-corrected chi connectivity index (χ4v) is 2.36. The number of benzene rings is 1. The zero-order chi connectivity index (χ0) is 15.2. The van der Waals surface area contributed by atoms with Crippen LogP contribution in [0.3, 0.4) is 0 Å². The highest BCUT2D eigenvalue weighted by atomic mass is 35.5. The van der Waals surface area contributed by atoms with Crippen molar-refractivity contribution in [1.29, 1.82) is 0 Å². The summed E-state index contributed by atoms with van der Waals surface area (Å²) < 4.78 is 9.78. The molecule has 1 fully saturated rings. The van der Waals surface area contributed by atoms with E-state index in [1.54, 1.807) is 24.3 Å². The number of rotatable bonds is 5. The molecule has 0 heterocycles. The van der Waals surface area contributed by atoms with Crippen LogP contribution in [0.25, 0.3) is 0 Å². The number of carbonyl (C=O) groups excluding carboxylic acids is 2. The van der Waals surface area contributed by atoms with Crippen molar-refractivity contribution < 1.29 is 19.1 Å². The summed E-state index contributed by atoms with van der Waals surface area (Å²) in [7, 11) is 1.30. The minimum Gasteiger partial charge on any atom is -0.482 e. The predicted octanol–water partition coefficient (Wildman–Crippen LogP) is 1.73. The van der Waals surface area contributed by atoms with E-state index >= 15 is 0 Å². The van der Waals surface area contributed by atoms with Gasteiger partial charge in [0.25, 0.3) is 0 Å². The van der Waals surface area contributed by atoms with Crippen molar-refractivity contribution in [3.63, 3.8) is 0 Å². The van der Waals surface area contributed by atoms with Crippen molar-refractivity contribution in [2.75, 3.05) is 19.0 Å². The summed E-state index contributed by atoms with van der Waals surface area (Å²) in [6.45, 7) is -0.161. The second kappa shape index (κ2) is 8.60. The smallest absolute Gasteiger partial charge is 0.343 e. The van der Waals surface area contributed by atoms with Crippen LogP contribution in [0.2, 0.25) is 0 Å². The second-order valence-corrected chi connectivity index (χ2v) is 5.15. The number of nitrogens with one attached hydrogen (secondary N) is 1. The average Bonchev–Trinajstić information content (AvgIpc) is 2.92. The van der Waals surface area contributed by atoms with Gasteiger partial charge in [0, 0.05) is 23.7 Å². The van der Waals surface area contributed by atoms with E-state index in [0.29, 0.717) is 11.4 Å². The van der Waals surface area contributed by atoms with E-state index in [1.807, 2.05) is 0 Å². The Morgan fingerprint density at radius 1 is 1.36 bits per heavy atom. The Labute approximate surface area is 135 Å². The number of hydrogen-bond donors (Lipinski definition) is 2. The van der Waals surface area contributed by atoms with Gasteiger partial charge < -0.3 is 20.5 Å². The van der Waals surface area contributed by atoms with Crippen molar-refractivity contribution in [2.24, 2.45) is 11.7 Å². The van der Waals surface area contributed by atoms with Gasteiger partial charge in [-0.25, -0.2) is 4.79 Å². The first kappa shape index (κ1) is 18.3. The standard InChI is InChI=1S/C15H20N2O4.ClH/c1-20-14(18)9-21-13-4-2-3-12(8-13)17-15(19)10-5-6-11(16)7-10;/h2-4,8,10-11H,5-7,9,16H2,1H3,(H,17,19);1H. The summed E-state index contributed by atoms with van der Waals surface area (Å²) in [5, 5.41) is 2.86. The number of methoxy groups -OCH3 is 1. The van der Waals surface area contributed by atoms with Crippen LogP contribution in [0.1, 0.15) is 19.3 Å². The van der Waals surface area contributed by atoms with Gasteiger partial charge in [0.1, 0.15) is 5.75 Å². The van der Waals surface area contributed by atoms with E-state index in [4.69, 9.17) is 10.5 Å². The lowest BCUT2D eigenvalue weighted by molar-refractivity contribution is -0.142. The van der Waals surface area contributed by atoms with E-state index in [-0.39, 0.29) is 36.9 Å². The summed E-state index contributed by atoms with van der Waals surface area (Å²) in [6.07, 6.45) is 2.44. The molecule has 0 spiro atoms. The third kappa shape index (κ3) is 5.20. The van der Waals surface area contributed by atoms with Crippen LogP contribution in [0.5, 0.6) is 5.75 Å². The Bertz CT molecular complexity index is 524. The molecule has 0 radical (unpaired) electrons. The van der Waals surface area contributed by atoms with Gasteiger partial charge in [-0.15, -0.1) is 12.4 Å². The SMILES string of the molecule is COC(=O)COc1cccc(NC(=O)C2CCC(N)C2)c1.Cl. The van der Waals surface area contributed by atoms with Crippen LogP contribution in [-0.2, 0) is 14.3 Å². The van der Waals surface area contributed by atoms with Gasteiger partial charge in [-0.3, -0.25) is 4.79 Å². The first-order valence-electron chi connectivity index (χ1n) is 6.94. The zero-order valence-corrected chi connectivity index (χ0v) is 13.2. The largest absolute Gasteiger partial charge is 0.482 e. The van der Waals surface area contributed by atoms with Crippen LogP contribution in [-0.4, -0.2) is 31.6 Å². The lowest BCUT2D eigenvalue weighted by atomic mass is 10.1. The lowest BCUT2D eigenvalue weighted by Gasteiger charge is -2.12. The molecule has 1 amide bonds. The van der Waals surface area contributed by atoms with E-state index in [1.165, 1.54) is 7.11 Å². The van der Waals surface area contributed by atoms with E-state index in [0.717, 1.165) is 19.3 Å². The maximum atomic E-state index is 12.1. The van der Waals surface area contributed by atoms with Gasteiger partial charge in [0.2, 0.25) is 5.91 Å². The number of ether oxygens (including phenoxy) is 2. The Hall–Kier alpha value is -1.79. The second-order valence-electron chi connectivity index (χ2n) is 5.15. The Balaban J connectivity index is 0.00000242. The first-order chi connectivity index (χ1) is 10.1. The monoisotopic (exact) mass is 328 g/mol. The Morgan fingerprint density at radius 3 is 2.77 bits per heavy atom. The van der Waals surface area contributed by atoms with Crippen LogP contribution in [0.4, 0.5) is 5.69 Å². The van der Waals surface area contributed by atoms with Crippen molar-refractivity contribution >= 4 is 30.0 Å². The average molecular weight is 329 g/mol. The topological polar surface area (TPSA) is 90.6 Å². The molecule has 6 nitrogen and oxygen atoms in total. The van der Waals surface area contributed by atoms with Gasteiger partial charge in [-0.05, 0) is 31.4 Å². The molecule has 0 aromatic heterocycles. The minimum absolute atomic E-state index is 0. The number of halogens is 1. The maximum Gasteiger partial charge on any atom is 0.343 e. The summed E-state index contributed by atoms with van der Waals surface area (Å²) in [5.74, 6) is -0.00147.